The Morgan fingerprint density at radius 1 is 1.55 bits per heavy atom. The van der Waals surface area contributed by atoms with Crippen LogP contribution in [0.1, 0.15) is 20.3 Å². The maximum absolute atomic E-state index is 10.9. The zero-order valence-corrected chi connectivity index (χ0v) is 6.84. The molecular weight excluding hydrogens is 148 g/mol. The van der Waals surface area contributed by atoms with Crippen LogP contribution in [-0.2, 0) is 14.3 Å². The van der Waals surface area contributed by atoms with Crippen molar-refractivity contribution in [3.05, 3.63) is 0 Å². The van der Waals surface area contributed by atoms with Gasteiger partial charge in [-0.2, -0.15) is 0 Å². The highest BCUT2D eigenvalue weighted by atomic mass is 16.5. The lowest BCUT2D eigenvalue weighted by atomic mass is 9.88. The van der Waals surface area contributed by atoms with Gasteiger partial charge in [-0.1, -0.05) is 6.92 Å². The molecule has 0 aromatic rings. The van der Waals surface area contributed by atoms with Crippen LogP contribution in [-0.4, -0.2) is 19.0 Å². The van der Waals surface area contributed by atoms with E-state index in [1.807, 2.05) is 0 Å². The second-order valence-corrected chi connectivity index (χ2v) is 2.46. The van der Waals surface area contributed by atoms with E-state index in [1.54, 1.807) is 6.92 Å². The Balaban J connectivity index is 4.59. The minimum Gasteiger partial charge on any atom is -0.549 e. The molecule has 0 fully saturated rings. The molecule has 0 aliphatic rings. The summed E-state index contributed by atoms with van der Waals surface area (Å²) < 4.78 is 4.31. The smallest absolute Gasteiger partial charge is 0.317 e. The van der Waals surface area contributed by atoms with E-state index < -0.39 is 17.4 Å². The van der Waals surface area contributed by atoms with E-state index in [9.17, 15) is 14.7 Å². The van der Waals surface area contributed by atoms with E-state index >= 15 is 0 Å². The fraction of sp³-hybridized carbons (Fsp3) is 0.714. The number of methoxy groups -OCH3 is 1. The lowest BCUT2D eigenvalue weighted by Crippen LogP contribution is -2.46. The Bertz CT molecular complexity index is 175. The van der Waals surface area contributed by atoms with Crippen LogP contribution in [0.25, 0.3) is 0 Å². The van der Waals surface area contributed by atoms with Crippen LogP contribution in [0.4, 0.5) is 0 Å². The van der Waals surface area contributed by atoms with Crippen molar-refractivity contribution in [1.29, 1.82) is 0 Å². The molecule has 0 saturated carbocycles. The van der Waals surface area contributed by atoms with Crippen molar-refractivity contribution in [3.63, 3.8) is 0 Å². The van der Waals surface area contributed by atoms with Crippen molar-refractivity contribution in [3.8, 4) is 0 Å². The molecule has 0 aromatic carbocycles. The molecule has 4 heteroatoms. The molecular formula is C7H11O4-. The van der Waals surface area contributed by atoms with Crippen molar-refractivity contribution >= 4 is 11.9 Å². The van der Waals surface area contributed by atoms with Gasteiger partial charge in [0.1, 0.15) is 5.41 Å². The van der Waals surface area contributed by atoms with Crippen LogP contribution in [0.5, 0.6) is 0 Å². The summed E-state index contributed by atoms with van der Waals surface area (Å²) in [6, 6.07) is 0. The molecule has 0 radical (unpaired) electrons. The number of hydrogen-bond acceptors (Lipinski definition) is 4. The van der Waals surface area contributed by atoms with Crippen LogP contribution in [0, 0.1) is 5.41 Å². The number of carboxylic acids is 1. The molecule has 0 aliphatic carbocycles. The number of esters is 1. The largest absolute Gasteiger partial charge is 0.549 e. The van der Waals surface area contributed by atoms with Crippen molar-refractivity contribution in [2.24, 2.45) is 5.41 Å². The zero-order valence-electron chi connectivity index (χ0n) is 6.84. The number of carboxylic acid groups (broad SMARTS) is 1. The van der Waals surface area contributed by atoms with Gasteiger partial charge in [-0.3, -0.25) is 4.79 Å². The Morgan fingerprint density at radius 3 is 2.09 bits per heavy atom. The first-order valence-electron chi connectivity index (χ1n) is 3.29. The molecule has 0 saturated heterocycles. The first-order valence-corrected chi connectivity index (χ1v) is 3.29. The van der Waals surface area contributed by atoms with Crippen LogP contribution >= 0.6 is 0 Å². The Hall–Kier alpha value is -1.06. The molecule has 0 aromatic heterocycles. The Labute approximate surface area is 65.2 Å². The van der Waals surface area contributed by atoms with E-state index in [-0.39, 0.29) is 6.42 Å². The summed E-state index contributed by atoms with van der Waals surface area (Å²) >= 11 is 0. The average molecular weight is 159 g/mol. The summed E-state index contributed by atoms with van der Waals surface area (Å²) in [7, 11) is 1.15. The lowest BCUT2D eigenvalue weighted by molar-refractivity contribution is -0.317. The first kappa shape index (κ1) is 9.94. The molecule has 0 spiro atoms. The third-order valence-corrected chi connectivity index (χ3v) is 1.79. The van der Waals surface area contributed by atoms with Gasteiger partial charge >= 0.3 is 5.97 Å². The van der Waals surface area contributed by atoms with E-state index in [0.717, 1.165) is 7.11 Å². The van der Waals surface area contributed by atoms with Gasteiger partial charge in [-0.05, 0) is 13.3 Å². The molecule has 11 heavy (non-hydrogen) atoms. The number of ether oxygens (including phenoxy) is 1. The van der Waals surface area contributed by atoms with Gasteiger partial charge in [0.2, 0.25) is 0 Å². The standard InChI is InChI=1S/C7H12O4/c1-4-7(2,5(8)9)6(10)11-3/h4H2,1-3H3,(H,8,9)/p-1. The molecule has 4 nitrogen and oxygen atoms in total. The second-order valence-electron chi connectivity index (χ2n) is 2.46. The van der Waals surface area contributed by atoms with Crippen LogP contribution < -0.4 is 5.11 Å². The maximum atomic E-state index is 10.9. The summed E-state index contributed by atoms with van der Waals surface area (Å²) in [5.41, 5.74) is -1.51. The summed E-state index contributed by atoms with van der Waals surface area (Å²) in [4.78, 5) is 21.3. The lowest BCUT2D eigenvalue weighted by Gasteiger charge is -2.25. The number of carbonyl (C=O) groups excluding carboxylic acids is 2. The predicted octanol–water partition coefficient (Wildman–Crippen LogP) is -0.674. The topological polar surface area (TPSA) is 66.4 Å². The van der Waals surface area contributed by atoms with Crippen molar-refractivity contribution in [1.82, 2.24) is 0 Å². The fourth-order valence-electron chi connectivity index (χ4n) is 0.597. The van der Waals surface area contributed by atoms with Crippen LogP contribution in [0.3, 0.4) is 0 Å². The molecule has 1 atom stereocenters. The van der Waals surface area contributed by atoms with Gasteiger partial charge in [0.15, 0.2) is 0 Å². The third kappa shape index (κ3) is 1.69. The fourth-order valence-corrected chi connectivity index (χ4v) is 0.597. The van der Waals surface area contributed by atoms with E-state index in [4.69, 9.17) is 0 Å². The highest BCUT2D eigenvalue weighted by Gasteiger charge is 2.33. The molecule has 0 rings (SSSR count). The van der Waals surface area contributed by atoms with Gasteiger partial charge < -0.3 is 14.6 Å². The van der Waals surface area contributed by atoms with Gasteiger partial charge in [-0.25, -0.2) is 0 Å². The molecule has 1 unspecified atom stereocenters. The van der Waals surface area contributed by atoms with Crippen LogP contribution in [0.2, 0.25) is 0 Å². The minimum absolute atomic E-state index is 0.169. The quantitative estimate of drug-likeness (QED) is 0.404. The molecule has 0 amide bonds. The van der Waals surface area contributed by atoms with Gasteiger partial charge in [-0.15, -0.1) is 0 Å². The minimum atomic E-state index is -1.51. The summed E-state index contributed by atoms with van der Waals surface area (Å²) in [6.07, 6.45) is 0.169. The summed E-state index contributed by atoms with van der Waals surface area (Å²) in [5, 5.41) is 10.4. The number of carbonyl (C=O) groups is 2. The summed E-state index contributed by atoms with van der Waals surface area (Å²) in [6.45, 7) is 2.88. The molecule has 0 N–H and O–H groups in total. The van der Waals surface area contributed by atoms with Gasteiger partial charge in [0.05, 0.1) is 13.1 Å². The van der Waals surface area contributed by atoms with E-state index in [0.29, 0.717) is 0 Å². The normalized spacial score (nSPS) is 15.2. The first-order chi connectivity index (χ1) is 4.99. The monoisotopic (exact) mass is 159 g/mol. The van der Waals surface area contributed by atoms with Gasteiger partial charge in [0.25, 0.3) is 0 Å². The van der Waals surface area contributed by atoms with Crippen molar-refractivity contribution in [2.75, 3.05) is 7.11 Å². The SMILES string of the molecule is CCC(C)(C(=O)[O-])C(=O)OC. The highest BCUT2D eigenvalue weighted by Crippen LogP contribution is 2.21. The summed E-state index contributed by atoms with van der Waals surface area (Å²) in [5.74, 6) is -2.16. The van der Waals surface area contributed by atoms with Crippen molar-refractivity contribution in [2.45, 2.75) is 20.3 Å². The van der Waals surface area contributed by atoms with E-state index in [1.165, 1.54) is 6.92 Å². The van der Waals surface area contributed by atoms with E-state index in [2.05, 4.69) is 4.74 Å². The molecule has 0 aliphatic heterocycles. The zero-order chi connectivity index (χ0) is 9.07. The average Bonchev–Trinajstić information content (AvgIpc) is 2.01. The number of hydrogen-bond donors (Lipinski definition) is 0. The van der Waals surface area contributed by atoms with Crippen LogP contribution in [0.15, 0.2) is 0 Å². The molecule has 0 heterocycles. The number of rotatable bonds is 3. The van der Waals surface area contributed by atoms with Crippen molar-refractivity contribution < 1.29 is 19.4 Å². The highest BCUT2D eigenvalue weighted by molar-refractivity contribution is 5.97. The molecule has 64 valence electrons. The second kappa shape index (κ2) is 3.37. The van der Waals surface area contributed by atoms with Gasteiger partial charge in [0, 0.05) is 0 Å². The Morgan fingerprint density at radius 2 is 2.00 bits per heavy atom. The maximum Gasteiger partial charge on any atom is 0.317 e. The Kier molecular flexibility index (Phi) is 3.04. The predicted molar refractivity (Wildman–Crippen MR) is 35.4 cm³/mol. The third-order valence-electron chi connectivity index (χ3n) is 1.79. The number of aliphatic carboxylic acids is 1. The molecule has 0 bridgehead atoms.